The maximum Gasteiger partial charge on any atom is 0.325 e. The summed E-state index contributed by atoms with van der Waals surface area (Å²) in [5, 5.41) is 2.79. The number of nitrogens with zero attached hydrogens (tertiary/aromatic N) is 1. The number of nitrogens with two attached hydrogens (primary N) is 1. The van der Waals surface area contributed by atoms with Gasteiger partial charge in [-0.05, 0) is 42.3 Å². The number of hydrogen-bond acceptors (Lipinski definition) is 5. The lowest BCUT2D eigenvalue weighted by Gasteiger charge is -2.22. The van der Waals surface area contributed by atoms with E-state index >= 15 is 0 Å². The molecule has 2 aromatic rings. The minimum atomic E-state index is -1.08. The SMILES string of the molecule is COc1ccc(C[C@@]2(C)NC(=O)N(Cc3ccc(C(N)=O)cc3)C2=O)cc1OC. The van der Waals surface area contributed by atoms with E-state index < -0.39 is 17.5 Å². The number of hydrogen-bond donors (Lipinski definition) is 2. The highest BCUT2D eigenvalue weighted by molar-refractivity contribution is 6.06. The number of primary amides is 1. The topological polar surface area (TPSA) is 111 Å². The van der Waals surface area contributed by atoms with Crippen molar-refractivity contribution in [2.75, 3.05) is 14.2 Å². The fourth-order valence-electron chi connectivity index (χ4n) is 3.37. The average Bonchev–Trinajstić information content (AvgIpc) is 2.91. The number of imide groups is 1. The number of benzene rings is 2. The Kier molecular flexibility index (Phi) is 5.45. The summed E-state index contributed by atoms with van der Waals surface area (Å²) < 4.78 is 10.5. The molecule has 29 heavy (non-hydrogen) atoms. The Bertz CT molecular complexity index is 957. The van der Waals surface area contributed by atoms with E-state index in [-0.39, 0.29) is 12.5 Å². The lowest BCUT2D eigenvalue weighted by atomic mass is 9.92. The summed E-state index contributed by atoms with van der Waals surface area (Å²) in [5.41, 5.74) is 6.06. The molecule has 1 aliphatic rings. The molecule has 8 heteroatoms. The zero-order valence-electron chi connectivity index (χ0n) is 16.5. The maximum atomic E-state index is 13.0. The number of urea groups is 1. The van der Waals surface area contributed by atoms with Gasteiger partial charge in [-0.15, -0.1) is 0 Å². The van der Waals surface area contributed by atoms with Crippen molar-refractivity contribution >= 4 is 17.8 Å². The van der Waals surface area contributed by atoms with Crippen molar-refractivity contribution < 1.29 is 23.9 Å². The van der Waals surface area contributed by atoms with Crippen LogP contribution in [-0.2, 0) is 17.8 Å². The largest absolute Gasteiger partial charge is 0.493 e. The van der Waals surface area contributed by atoms with Crippen LogP contribution in [0.3, 0.4) is 0 Å². The molecular formula is C21H23N3O5. The molecule has 1 fully saturated rings. The van der Waals surface area contributed by atoms with Crippen LogP contribution >= 0.6 is 0 Å². The standard InChI is InChI=1S/C21H23N3O5/c1-21(11-14-6-9-16(28-2)17(10-14)29-3)19(26)24(20(27)23-21)12-13-4-7-15(8-5-13)18(22)25/h4-10H,11-12H2,1-3H3,(H2,22,25)(H,23,27)/t21-/m1/s1. The molecule has 1 atom stereocenters. The first-order valence-electron chi connectivity index (χ1n) is 9.01. The van der Waals surface area contributed by atoms with Crippen molar-refractivity contribution in [3.8, 4) is 11.5 Å². The summed E-state index contributed by atoms with van der Waals surface area (Å²) in [6.45, 7) is 1.80. The highest BCUT2D eigenvalue weighted by Gasteiger charge is 2.47. The predicted octanol–water partition coefficient (Wildman–Crippen LogP) is 1.86. The van der Waals surface area contributed by atoms with Crippen LogP contribution in [0.5, 0.6) is 11.5 Å². The van der Waals surface area contributed by atoms with Crippen LogP contribution < -0.4 is 20.5 Å². The molecule has 152 valence electrons. The maximum absolute atomic E-state index is 13.0. The third-order valence-electron chi connectivity index (χ3n) is 4.93. The second-order valence-electron chi connectivity index (χ2n) is 7.08. The second kappa shape index (κ2) is 7.83. The minimum absolute atomic E-state index is 0.102. The number of carbonyl (C=O) groups excluding carboxylic acids is 3. The first kappa shape index (κ1) is 20.2. The van der Waals surface area contributed by atoms with E-state index in [1.165, 1.54) is 12.0 Å². The Hall–Kier alpha value is -3.55. The molecule has 4 amide bonds. The van der Waals surface area contributed by atoms with Gasteiger partial charge in [0, 0.05) is 12.0 Å². The van der Waals surface area contributed by atoms with Crippen LogP contribution in [0.4, 0.5) is 4.79 Å². The monoisotopic (exact) mass is 397 g/mol. The smallest absolute Gasteiger partial charge is 0.325 e. The third-order valence-corrected chi connectivity index (χ3v) is 4.93. The first-order valence-corrected chi connectivity index (χ1v) is 9.01. The normalized spacial score (nSPS) is 18.5. The van der Waals surface area contributed by atoms with Crippen molar-refractivity contribution in [1.29, 1.82) is 0 Å². The van der Waals surface area contributed by atoms with Crippen LogP contribution in [-0.4, -0.2) is 42.5 Å². The van der Waals surface area contributed by atoms with Gasteiger partial charge in [-0.3, -0.25) is 14.5 Å². The first-order chi connectivity index (χ1) is 13.8. The lowest BCUT2D eigenvalue weighted by Crippen LogP contribution is -2.45. The van der Waals surface area contributed by atoms with Gasteiger partial charge in [-0.1, -0.05) is 18.2 Å². The molecule has 0 saturated carbocycles. The number of ether oxygens (including phenoxy) is 2. The average molecular weight is 397 g/mol. The van der Waals surface area contributed by atoms with Crippen molar-refractivity contribution in [2.45, 2.75) is 25.4 Å². The minimum Gasteiger partial charge on any atom is -0.493 e. The van der Waals surface area contributed by atoms with Gasteiger partial charge in [-0.25, -0.2) is 4.79 Å². The number of amides is 4. The molecule has 2 aromatic carbocycles. The van der Waals surface area contributed by atoms with Crippen LogP contribution in [0, 0.1) is 0 Å². The van der Waals surface area contributed by atoms with E-state index in [0.29, 0.717) is 29.0 Å². The quantitative estimate of drug-likeness (QED) is 0.693. The van der Waals surface area contributed by atoms with Crippen LogP contribution in [0.1, 0.15) is 28.4 Å². The summed E-state index contributed by atoms with van der Waals surface area (Å²) in [7, 11) is 3.09. The molecule has 3 rings (SSSR count). The van der Waals surface area contributed by atoms with Crippen LogP contribution in [0.15, 0.2) is 42.5 Å². The predicted molar refractivity (Wildman–Crippen MR) is 106 cm³/mol. The third kappa shape index (κ3) is 4.01. The highest BCUT2D eigenvalue weighted by atomic mass is 16.5. The highest BCUT2D eigenvalue weighted by Crippen LogP contribution is 2.31. The lowest BCUT2D eigenvalue weighted by molar-refractivity contribution is -0.131. The van der Waals surface area contributed by atoms with E-state index in [2.05, 4.69) is 5.32 Å². The fraction of sp³-hybridized carbons (Fsp3) is 0.286. The van der Waals surface area contributed by atoms with E-state index in [1.807, 2.05) is 6.07 Å². The molecule has 1 saturated heterocycles. The van der Waals surface area contributed by atoms with Gasteiger partial charge in [0.1, 0.15) is 5.54 Å². The van der Waals surface area contributed by atoms with E-state index in [4.69, 9.17) is 15.2 Å². The molecule has 1 aliphatic heterocycles. The van der Waals surface area contributed by atoms with Gasteiger partial charge >= 0.3 is 6.03 Å². The van der Waals surface area contributed by atoms with Gasteiger partial charge in [0.15, 0.2) is 11.5 Å². The number of nitrogens with one attached hydrogen (secondary N) is 1. The summed E-state index contributed by atoms with van der Waals surface area (Å²) in [6, 6.07) is 11.4. The molecule has 0 bridgehead atoms. The van der Waals surface area contributed by atoms with Crippen LogP contribution in [0.25, 0.3) is 0 Å². The summed E-state index contributed by atoms with van der Waals surface area (Å²) in [6.07, 6.45) is 0.301. The number of rotatable bonds is 7. The van der Waals surface area contributed by atoms with Crippen molar-refractivity contribution in [3.05, 3.63) is 59.2 Å². The molecule has 0 spiro atoms. The van der Waals surface area contributed by atoms with E-state index in [9.17, 15) is 14.4 Å². The number of carbonyl (C=O) groups is 3. The zero-order chi connectivity index (χ0) is 21.2. The van der Waals surface area contributed by atoms with Crippen LogP contribution in [0.2, 0.25) is 0 Å². The number of methoxy groups -OCH3 is 2. The van der Waals surface area contributed by atoms with E-state index in [0.717, 1.165) is 5.56 Å². The van der Waals surface area contributed by atoms with Gasteiger partial charge in [-0.2, -0.15) is 0 Å². The van der Waals surface area contributed by atoms with Gasteiger partial charge in [0.05, 0.1) is 20.8 Å². The summed E-state index contributed by atoms with van der Waals surface area (Å²) in [5.74, 6) is 0.284. The summed E-state index contributed by atoms with van der Waals surface area (Å²) in [4.78, 5) is 37.8. The Morgan fingerprint density at radius 2 is 1.66 bits per heavy atom. The van der Waals surface area contributed by atoms with Gasteiger partial charge in [0.25, 0.3) is 5.91 Å². The molecule has 0 aliphatic carbocycles. The van der Waals surface area contributed by atoms with Crippen molar-refractivity contribution in [2.24, 2.45) is 5.73 Å². The Morgan fingerprint density at radius 1 is 1.03 bits per heavy atom. The molecule has 1 heterocycles. The summed E-state index contributed by atoms with van der Waals surface area (Å²) >= 11 is 0. The fourth-order valence-corrected chi connectivity index (χ4v) is 3.37. The van der Waals surface area contributed by atoms with E-state index in [1.54, 1.807) is 50.4 Å². The molecular weight excluding hydrogens is 374 g/mol. The zero-order valence-corrected chi connectivity index (χ0v) is 16.5. The molecule has 0 radical (unpaired) electrons. The van der Waals surface area contributed by atoms with Gasteiger partial charge < -0.3 is 20.5 Å². The van der Waals surface area contributed by atoms with Gasteiger partial charge in [0.2, 0.25) is 5.91 Å². The Balaban J connectivity index is 1.77. The second-order valence-corrected chi connectivity index (χ2v) is 7.08. The Morgan fingerprint density at radius 3 is 2.24 bits per heavy atom. The van der Waals surface area contributed by atoms with Crippen molar-refractivity contribution in [1.82, 2.24) is 10.2 Å². The molecule has 8 nitrogen and oxygen atoms in total. The molecule has 0 unspecified atom stereocenters. The van der Waals surface area contributed by atoms with Crippen molar-refractivity contribution in [3.63, 3.8) is 0 Å². The molecule has 3 N–H and O–H groups in total. The molecule has 0 aromatic heterocycles. The Labute approximate surface area is 168 Å².